The van der Waals surface area contributed by atoms with Crippen LogP contribution in [0.4, 0.5) is 0 Å². The molecule has 0 fully saturated rings. The van der Waals surface area contributed by atoms with Crippen LogP contribution in [0.2, 0.25) is 0 Å². The fraction of sp³-hybridized carbons (Fsp3) is 0.111. The highest BCUT2D eigenvalue weighted by molar-refractivity contribution is 5.97. The SMILES string of the molecule is Cc1cc(C2=CCCc3ccccc32)ccc1-c1cccc2ccccc12. The van der Waals surface area contributed by atoms with Crippen molar-refractivity contribution >= 4 is 16.3 Å². The molecule has 0 heterocycles. The Kier molecular flexibility index (Phi) is 3.90. The lowest BCUT2D eigenvalue weighted by Crippen LogP contribution is -2.01. The van der Waals surface area contributed by atoms with Gasteiger partial charge >= 0.3 is 0 Å². The molecule has 5 rings (SSSR count). The Bertz CT molecular complexity index is 1170. The summed E-state index contributed by atoms with van der Waals surface area (Å²) in [6.07, 6.45) is 4.66. The van der Waals surface area contributed by atoms with Crippen molar-refractivity contribution in [2.24, 2.45) is 0 Å². The van der Waals surface area contributed by atoms with Crippen molar-refractivity contribution in [2.75, 3.05) is 0 Å². The van der Waals surface area contributed by atoms with Crippen molar-refractivity contribution < 1.29 is 0 Å². The second kappa shape index (κ2) is 6.55. The topological polar surface area (TPSA) is 0 Å². The van der Waals surface area contributed by atoms with E-state index in [2.05, 4.69) is 97.9 Å². The van der Waals surface area contributed by atoms with Gasteiger partial charge in [0.1, 0.15) is 0 Å². The first kappa shape index (κ1) is 16.1. The third-order valence-corrected chi connectivity index (χ3v) is 5.69. The van der Waals surface area contributed by atoms with E-state index in [1.807, 2.05) is 0 Å². The molecule has 4 aromatic carbocycles. The molecule has 0 aromatic heterocycles. The monoisotopic (exact) mass is 346 g/mol. The van der Waals surface area contributed by atoms with Crippen LogP contribution in [0.5, 0.6) is 0 Å². The molecule has 0 N–H and O–H groups in total. The zero-order valence-electron chi connectivity index (χ0n) is 15.6. The molecule has 0 heteroatoms. The highest BCUT2D eigenvalue weighted by atomic mass is 14.2. The Morgan fingerprint density at radius 1 is 0.667 bits per heavy atom. The van der Waals surface area contributed by atoms with Gasteiger partial charge in [-0.1, -0.05) is 91.0 Å². The van der Waals surface area contributed by atoms with Gasteiger partial charge in [0, 0.05) is 0 Å². The Morgan fingerprint density at radius 2 is 1.44 bits per heavy atom. The quantitative estimate of drug-likeness (QED) is 0.360. The average Bonchev–Trinajstić information content (AvgIpc) is 2.73. The Hall–Kier alpha value is -3.12. The van der Waals surface area contributed by atoms with Crippen LogP contribution in [-0.4, -0.2) is 0 Å². The molecule has 0 aliphatic heterocycles. The molecule has 0 spiro atoms. The van der Waals surface area contributed by atoms with Gasteiger partial charge in [0.05, 0.1) is 0 Å². The third-order valence-electron chi connectivity index (χ3n) is 5.69. The van der Waals surface area contributed by atoms with E-state index in [1.54, 1.807) is 0 Å². The van der Waals surface area contributed by atoms with Crippen LogP contribution in [0.1, 0.15) is 28.7 Å². The summed E-state index contributed by atoms with van der Waals surface area (Å²) >= 11 is 0. The number of hydrogen-bond acceptors (Lipinski definition) is 0. The molecular formula is C27H22. The fourth-order valence-electron chi connectivity index (χ4n) is 4.35. The van der Waals surface area contributed by atoms with Gasteiger partial charge < -0.3 is 0 Å². The highest BCUT2D eigenvalue weighted by Gasteiger charge is 2.15. The number of hydrogen-bond donors (Lipinski definition) is 0. The molecule has 0 nitrogen and oxygen atoms in total. The lowest BCUT2D eigenvalue weighted by atomic mass is 9.85. The first-order valence-electron chi connectivity index (χ1n) is 9.69. The lowest BCUT2D eigenvalue weighted by molar-refractivity contribution is 0.977. The number of rotatable bonds is 2. The molecular weight excluding hydrogens is 324 g/mol. The second-order valence-electron chi connectivity index (χ2n) is 7.37. The molecule has 1 aliphatic carbocycles. The Morgan fingerprint density at radius 3 is 2.37 bits per heavy atom. The van der Waals surface area contributed by atoms with Crippen molar-refractivity contribution in [3.63, 3.8) is 0 Å². The van der Waals surface area contributed by atoms with Crippen molar-refractivity contribution in [2.45, 2.75) is 19.8 Å². The van der Waals surface area contributed by atoms with Crippen molar-refractivity contribution in [3.05, 3.63) is 113 Å². The summed E-state index contributed by atoms with van der Waals surface area (Å²) in [5.41, 5.74) is 9.52. The van der Waals surface area contributed by atoms with Gasteiger partial charge in [-0.3, -0.25) is 0 Å². The normalized spacial score (nSPS) is 13.3. The van der Waals surface area contributed by atoms with Crippen LogP contribution < -0.4 is 0 Å². The number of aryl methyl sites for hydroxylation is 2. The Balaban J connectivity index is 1.62. The van der Waals surface area contributed by atoms with E-state index in [0.29, 0.717) is 0 Å². The molecule has 1 aliphatic rings. The third kappa shape index (κ3) is 2.78. The molecule has 4 aromatic rings. The summed E-state index contributed by atoms with van der Waals surface area (Å²) in [6, 6.07) is 31.0. The summed E-state index contributed by atoms with van der Waals surface area (Å²) in [6.45, 7) is 2.23. The van der Waals surface area contributed by atoms with Crippen molar-refractivity contribution in [3.8, 4) is 11.1 Å². The summed E-state index contributed by atoms with van der Waals surface area (Å²) in [4.78, 5) is 0. The molecule has 130 valence electrons. The first-order chi connectivity index (χ1) is 13.3. The van der Waals surface area contributed by atoms with Gasteiger partial charge in [-0.15, -0.1) is 0 Å². The summed E-state index contributed by atoms with van der Waals surface area (Å²) < 4.78 is 0. The molecule has 27 heavy (non-hydrogen) atoms. The maximum atomic E-state index is 2.40. The predicted octanol–water partition coefficient (Wildman–Crippen LogP) is 7.19. The lowest BCUT2D eigenvalue weighted by Gasteiger charge is -2.19. The number of allylic oxidation sites excluding steroid dienone is 1. The smallest absolute Gasteiger partial charge is 0.0103 e. The summed E-state index contributed by atoms with van der Waals surface area (Å²) in [5.74, 6) is 0. The van der Waals surface area contributed by atoms with Crippen LogP contribution in [-0.2, 0) is 6.42 Å². The van der Waals surface area contributed by atoms with Gasteiger partial charge in [-0.25, -0.2) is 0 Å². The van der Waals surface area contributed by atoms with E-state index >= 15 is 0 Å². The van der Waals surface area contributed by atoms with Gasteiger partial charge in [0.25, 0.3) is 0 Å². The minimum absolute atomic E-state index is 1.12. The zero-order valence-corrected chi connectivity index (χ0v) is 15.6. The molecule has 0 bridgehead atoms. The molecule has 0 radical (unpaired) electrons. The standard InChI is InChI=1S/C27H22/c1-19-18-22(26-14-6-10-20-8-2-4-12-24(20)26)16-17-23(19)27-15-7-11-21-9-3-5-13-25(21)27/h2-5,7-9,11-18H,6,10H2,1H3. The van der Waals surface area contributed by atoms with Crippen LogP contribution >= 0.6 is 0 Å². The predicted molar refractivity (Wildman–Crippen MR) is 116 cm³/mol. The van der Waals surface area contributed by atoms with Crippen LogP contribution in [0.15, 0.2) is 91.0 Å². The minimum atomic E-state index is 1.12. The summed E-state index contributed by atoms with van der Waals surface area (Å²) in [7, 11) is 0. The number of fused-ring (bicyclic) bond motifs is 2. The second-order valence-corrected chi connectivity index (χ2v) is 7.37. The van der Waals surface area contributed by atoms with Gasteiger partial charge in [0.15, 0.2) is 0 Å². The van der Waals surface area contributed by atoms with E-state index in [-0.39, 0.29) is 0 Å². The van der Waals surface area contributed by atoms with E-state index in [4.69, 9.17) is 0 Å². The largest absolute Gasteiger partial charge is 0.0757 e. The van der Waals surface area contributed by atoms with E-state index < -0.39 is 0 Å². The molecule has 0 saturated carbocycles. The van der Waals surface area contributed by atoms with E-state index in [9.17, 15) is 0 Å². The van der Waals surface area contributed by atoms with Crippen LogP contribution in [0.3, 0.4) is 0 Å². The van der Waals surface area contributed by atoms with Gasteiger partial charge in [-0.05, 0) is 69.5 Å². The van der Waals surface area contributed by atoms with Gasteiger partial charge in [-0.2, -0.15) is 0 Å². The minimum Gasteiger partial charge on any atom is -0.0757 e. The number of benzene rings is 4. The summed E-state index contributed by atoms with van der Waals surface area (Å²) in [5, 5.41) is 2.61. The highest BCUT2D eigenvalue weighted by Crippen LogP contribution is 2.36. The van der Waals surface area contributed by atoms with Crippen LogP contribution in [0.25, 0.3) is 27.5 Å². The molecule has 0 saturated heterocycles. The molecule has 0 unspecified atom stereocenters. The molecule has 0 amide bonds. The maximum Gasteiger partial charge on any atom is -0.0103 e. The molecule has 0 atom stereocenters. The van der Waals surface area contributed by atoms with Crippen molar-refractivity contribution in [1.29, 1.82) is 0 Å². The van der Waals surface area contributed by atoms with Crippen molar-refractivity contribution in [1.82, 2.24) is 0 Å². The fourth-order valence-corrected chi connectivity index (χ4v) is 4.35. The first-order valence-corrected chi connectivity index (χ1v) is 9.69. The van der Waals surface area contributed by atoms with Gasteiger partial charge in [0.2, 0.25) is 0 Å². The average molecular weight is 346 g/mol. The Labute approximate surface area is 160 Å². The van der Waals surface area contributed by atoms with E-state index in [1.165, 1.54) is 49.7 Å². The van der Waals surface area contributed by atoms with E-state index in [0.717, 1.165) is 12.8 Å². The zero-order chi connectivity index (χ0) is 18.2. The van der Waals surface area contributed by atoms with Crippen LogP contribution in [0, 0.1) is 6.92 Å². The maximum absolute atomic E-state index is 2.40.